The molecule has 20 heavy (non-hydrogen) atoms. The van der Waals surface area contributed by atoms with Crippen LogP contribution in [-0.2, 0) is 11.3 Å². The van der Waals surface area contributed by atoms with Crippen LogP contribution in [0.4, 0.5) is 4.39 Å². The van der Waals surface area contributed by atoms with Gasteiger partial charge in [-0.1, -0.05) is 12.1 Å². The minimum atomic E-state index is -0.405. The number of halogens is 1. The third-order valence-corrected chi connectivity index (χ3v) is 5.24. The molecule has 2 saturated heterocycles. The van der Waals surface area contributed by atoms with E-state index < -0.39 is 5.82 Å². The van der Waals surface area contributed by atoms with Gasteiger partial charge in [0.05, 0.1) is 18.8 Å². The fourth-order valence-electron chi connectivity index (χ4n) is 2.92. The molecule has 2 unspecified atom stereocenters. The van der Waals surface area contributed by atoms with Gasteiger partial charge in [0.25, 0.3) is 0 Å². The summed E-state index contributed by atoms with van der Waals surface area (Å²) in [5, 5.41) is 9.30. The van der Waals surface area contributed by atoms with Crippen molar-refractivity contribution < 1.29 is 19.0 Å². The summed E-state index contributed by atoms with van der Waals surface area (Å²) in [4.78, 5) is 0. The summed E-state index contributed by atoms with van der Waals surface area (Å²) in [5.41, 5.74) is 0.421. The predicted octanol–water partition coefficient (Wildman–Crippen LogP) is 2.75. The fraction of sp³-hybridized carbons (Fsp3) is 0.600. The van der Waals surface area contributed by atoms with E-state index in [-0.39, 0.29) is 24.1 Å². The number of hydrogen-bond acceptors (Lipinski definition) is 4. The van der Waals surface area contributed by atoms with Crippen molar-refractivity contribution >= 4 is 11.8 Å². The van der Waals surface area contributed by atoms with E-state index in [1.54, 1.807) is 12.1 Å². The molecule has 2 atom stereocenters. The van der Waals surface area contributed by atoms with E-state index in [0.717, 1.165) is 30.8 Å². The van der Waals surface area contributed by atoms with Crippen molar-refractivity contribution in [3.05, 3.63) is 29.6 Å². The lowest BCUT2D eigenvalue weighted by Gasteiger charge is -2.37. The van der Waals surface area contributed by atoms with Gasteiger partial charge in [0.15, 0.2) is 11.6 Å². The first-order chi connectivity index (χ1) is 9.72. The SMILES string of the molecule is OCc1cccc(F)c1OC1CCOC2(CCSC2)C1. The highest BCUT2D eigenvalue weighted by Gasteiger charge is 2.41. The maximum absolute atomic E-state index is 13.9. The monoisotopic (exact) mass is 298 g/mol. The van der Waals surface area contributed by atoms with Gasteiger partial charge in [-0.15, -0.1) is 0 Å². The smallest absolute Gasteiger partial charge is 0.165 e. The van der Waals surface area contributed by atoms with Crippen molar-refractivity contribution in [3.8, 4) is 5.75 Å². The molecule has 3 rings (SSSR count). The van der Waals surface area contributed by atoms with Crippen LogP contribution < -0.4 is 4.74 Å². The van der Waals surface area contributed by atoms with E-state index in [9.17, 15) is 9.50 Å². The molecule has 0 amide bonds. The number of rotatable bonds is 3. The molecule has 2 heterocycles. The van der Waals surface area contributed by atoms with Gasteiger partial charge in [-0.25, -0.2) is 4.39 Å². The molecular weight excluding hydrogens is 279 g/mol. The molecule has 1 aromatic carbocycles. The largest absolute Gasteiger partial charge is 0.487 e. The highest BCUT2D eigenvalue weighted by Crippen LogP contribution is 2.39. The van der Waals surface area contributed by atoms with Gasteiger partial charge in [-0.2, -0.15) is 11.8 Å². The first-order valence-electron chi connectivity index (χ1n) is 6.99. The van der Waals surface area contributed by atoms with Crippen molar-refractivity contribution in [1.82, 2.24) is 0 Å². The summed E-state index contributed by atoms with van der Waals surface area (Å²) in [6, 6.07) is 4.65. The third kappa shape index (κ3) is 2.80. The lowest BCUT2D eigenvalue weighted by atomic mass is 9.91. The van der Waals surface area contributed by atoms with Crippen molar-refractivity contribution in [3.63, 3.8) is 0 Å². The molecular formula is C15H19FO3S. The van der Waals surface area contributed by atoms with Crippen LogP contribution in [0, 0.1) is 5.82 Å². The molecule has 0 saturated carbocycles. The second-order valence-corrected chi connectivity index (χ2v) is 6.56. The van der Waals surface area contributed by atoms with Crippen LogP contribution >= 0.6 is 11.8 Å². The normalized spacial score (nSPS) is 29.8. The van der Waals surface area contributed by atoms with Crippen LogP contribution in [0.1, 0.15) is 24.8 Å². The summed E-state index contributed by atoms with van der Waals surface area (Å²) in [5.74, 6) is 1.91. The lowest BCUT2D eigenvalue weighted by molar-refractivity contribution is -0.0966. The second-order valence-electron chi connectivity index (χ2n) is 5.45. The molecule has 110 valence electrons. The van der Waals surface area contributed by atoms with Crippen LogP contribution in [-0.4, -0.2) is 34.9 Å². The Kier molecular flexibility index (Phi) is 4.19. The maximum atomic E-state index is 13.9. The molecule has 0 aliphatic carbocycles. The Bertz CT molecular complexity index is 474. The minimum Gasteiger partial charge on any atom is -0.487 e. The van der Waals surface area contributed by atoms with E-state index in [0.29, 0.717) is 12.2 Å². The number of ether oxygens (including phenoxy) is 2. The molecule has 0 radical (unpaired) electrons. The summed E-state index contributed by atoms with van der Waals surface area (Å²) in [6.07, 6.45) is 2.58. The molecule has 0 bridgehead atoms. The van der Waals surface area contributed by atoms with E-state index >= 15 is 0 Å². The molecule has 5 heteroatoms. The molecule has 1 spiro atoms. The van der Waals surface area contributed by atoms with Gasteiger partial charge in [0.1, 0.15) is 6.10 Å². The van der Waals surface area contributed by atoms with Crippen LogP contribution in [0.3, 0.4) is 0 Å². The summed E-state index contributed by atoms with van der Waals surface area (Å²) < 4.78 is 25.7. The summed E-state index contributed by atoms with van der Waals surface area (Å²) >= 11 is 1.90. The average molecular weight is 298 g/mol. The molecule has 1 N–H and O–H groups in total. The van der Waals surface area contributed by atoms with Gasteiger partial charge in [-0.05, 0) is 18.2 Å². The predicted molar refractivity (Wildman–Crippen MR) is 76.6 cm³/mol. The van der Waals surface area contributed by atoms with Crippen molar-refractivity contribution in [2.75, 3.05) is 18.1 Å². The van der Waals surface area contributed by atoms with Crippen LogP contribution in [0.2, 0.25) is 0 Å². The van der Waals surface area contributed by atoms with Crippen molar-refractivity contribution in [2.45, 2.75) is 37.6 Å². The van der Waals surface area contributed by atoms with Gasteiger partial charge in [-0.3, -0.25) is 0 Å². The first-order valence-corrected chi connectivity index (χ1v) is 8.14. The number of hydrogen-bond donors (Lipinski definition) is 1. The number of benzene rings is 1. The summed E-state index contributed by atoms with van der Waals surface area (Å²) in [6.45, 7) is 0.450. The van der Waals surface area contributed by atoms with E-state index in [4.69, 9.17) is 9.47 Å². The zero-order valence-corrected chi connectivity index (χ0v) is 12.1. The van der Waals surface area contributed by atoms with E-state index in [1.165, 1.54) is 6.07 Å². The Labute approximate surface area is 122 Å². The first kappa shape index (κ1) is 14.2. The van der Waals surface area contributed by atoms with Crippen molar-refractivity contribution in [2.24, 2.45) is 0 Å². The average Bonchev–Trinajstić information content (AvgIpc) is 2.89. The Balaban J connectivity index is 1.74. The zero-order chi connectivity index (χ0) is 14.0. The molecule has 2 aliphatic rings. The zero-order valence-electron chi connectivity index (χ0n) is 11.3. The Morgan fingerprint density at radius 2 is 2.40 bits per heavy atom. The van der Waals surface area contributed by atoms with Gasteiger partial charge >= 0.3 is 0 Å². The molecule has 2 fully saturated rings. The fourth-order valence-corrected chi connectivity index (χ4v) is 4.30. The van der Waals surface area contributed by atoms with Crippen LogP contribution in [0.15, 0.2) is 18.2 Å². The van der Waals surface area contributed by atoms with Crippen LogP contribution in [0.25, 0.3) is 0 Å². The molecule has 1 aromatic rings. The third-order valence-electron chi connectivity index (χ3n) is 4.02. The Morgan fingerprint density at radius 3 is 3.15 bits per heavy atom. The quantitative estimate of drug-likeness (QED) is 0.931. The molecule has 0 aromatic heterocycles. The number of para-hydroxylation sites is 1. The summed E-state index contributed by atoms with van der Waals surface area (Å²) in [7, 11) is 0. The molecule has 2 aliphatic heterocycles. The highest BCUT2D eigenvalue weighted by atomic mass is 32.2. The molecule has 3 nitrogen and oxygen atoms in total. The number of aliphatic hydroxyl groups excluding tert-OH is 1. The number of aliphatic hydroxyl groups is 1. The van der Waals surface area contributed by atoms with E-state index in [2.05, 4.69) is 0 Å². The van der Waals surface area contributed by atoms with Crippen LogP contribution in [0.5, 0.6) is 5.75 Å². The van der Waals surface area contributed by atoms with E-state index in [1.807, 2.05) is 11.8 Å². The minimum absolute atomic E-state index is 0.0374. The Morgan fingerprint density at radius 1 is 1.50 bits per heavy atom. The van der Waals surface area contributed by atoms with Crippen molar-refractivity contribution in [1.29, 1.82) is 0 Å². The second kappa shape index (κ2) is 5.92. The topological polar surface area (TPSA) is 38.7 Å². The van der Waals surface area contributed by atoms with Gasteiger partial charge in [0, 0.05) is 24.2 Å². The highest BCUT2D eigenvalue weighted by molar-refractivity contribution is 7.99. The Hall–Kier alpha value is -0.780. The number of thioether (sulfide) groups is 1. The maximum Gasteiger partial charge on any atom is 0.165 e. The lowest BCUT2D eigenvalue weighted by Crippen LogP contribution is -2.44. The van der Waals surface area contributed by atoms with Gasteiger partial charge < -0.3 is 14.6 Å². The standard InChI is InChI=1S/C15H19FO3S/c16-13-3-1-2-11(9-17)14(13)19-12-4-6-18-15(8-12)5-7-20-10-15/h1-3,12,17H,4-10H2. The van der Waals surface area contributed by atoms with Gasteiger partial charge in [0.2, 0.25) is 0 Å².